The van der Waals surface area contributed by atoms with Gasteiger partial charge in [0.05, 0.1) is 20.3 Å². The number of methoxy groups -OCH3 is 1. The predicted molar refractivity (Wildman–Crippen MR) is 57.5 cm³/mol. The van der Waals surface area contributed by atoms with Gasteiger partial charge < -0.3 is 14.2 Å². The van der Waals surface area contributed by atoms with E-state index in [2.05, 4.69) is 0 Å². The van der Waals surface area contributed by atoms with E-state index in [0.29, 0.717) is 12.4 Å². The minimum Gasteiger partial charge on any atom is -0.497 e. The maximum atomic E-state index is 12.9. The fraction of sp³-hybridized carbons (Fsp3) is 0.500. The quantitative estimate of drug-likeness (QED) is 0.764. The number of rotatable bonds is 5. The van der Waals surface area contributed by atoms with Gasteiger partial charge in [0.15, 0.2) is 6.10 Å². The Morgan fingerprint density at radius 2 is 2.17 bits per heavy atom. The first-order valence-electron chi connectivity index (χ1n) is 5.44. The van der Waals surface area contributed by atoms with Gasteiger partial charge in [-0.05, 0) is 17.7 Å². The molecule has 1 aromatic rings. The van der Waals surface area contributed by atoms with Crippen molar-refractivity contribution in [3.8, 4) is 5.75 Å². The first-order chi connectivity index (χ1) is 8.50. The summed E-state index contributed by atoms with van der Waals surface area (Å²) in [6, 6.07) is 5.78. The Labute approximate surface area is 102 Å². The molecule has 1 aromatic carbocycles. The van der Waals surface area contributed by atoms with Crippen LogP contribution < -0.4 is 4.74 Å². The van der Waals surface area contributed by atoms with E-state index in [0.717, 1.165) is 0 Å². The zero-order valence-electron chi connectivity index (χ0n) is 9.74. The van der Waals surface area contributed by atoms with Crippen molar-refractivity contribution in [2.75, 3.05) is 20.3 Å². The van der Waals surface area contributed by atoms with Crippen molar-refractivity contribution in [1.82, 2.24) is 0 Å². The highest BCUT2D eigenvalue weighted by molar-refractivity contribution is 5.30. The number of alkyl halides is 3. The highest BCUT2D eigenvalue weighted by Crippen LogP contribution is 2.37. The third kappa shape index (κ3) is 3.36. The van der Waals surface area contributed by atoms with E-state index < -0.39 is 12.3 Å². The zero-order chi connectivity index (χ0) is 13.2. The molecule has 18 heavy (non-hydrogen) atoms. The summed E-state index contributed by atoms with van der Waals surface area (Å²) in [5, 5.41) is 0. The summed E-state index contributed by atoms with van der Waals surface area (Å²) in [5.74, 6) is 0.369. The van der Waals surface area contributed by atoms with Crippen LogP contribution in [0.1, 0.15) is 11.7 Å². The van der Waals surface area contributed by atoms with Crippen LogP contribution in [0.3, 0.4) is 0 Å². The molecular weight excluding hydrogens is 249 g/mol. The van der Waals surface area contributed by atoms with Gasteiger partial charge in [0.2, 0.25) is 0 Å². The SMILES string of the molecule is COc1cccc([C@H](OC[C@@H]2CO2)C(F)(F)F)c1. The van der Waals surface area contributed by atoms with Crippen molar-refractivity contribution in [2.24, 2.45) is 0 Å². The lowest BCUT2D eigenvalue weighted by Crippen LogP contribution is -2.25. The Kier molecular flexibility index (Phi) is 3.77. The topological polar surface area (TPSA) is 31.0 Å². The summed E-state index contributed by atoms with van der Waals surface area (Å²) in [6.45, 7) is 0.407. The molecule has 0 saturated carbocycles. The molecule has 1 aliphatic rings. The van der Waals surface area contributed by atoms with Crippen molar-refractivity contribution in [3.63, 3.8) is 0 Å². The number of halogens is 3. The van der Waals surface area contributed by atoms with Gasteiger partial charge in [-0.25, -0.2) is 0 Å². The molecule has 1 aliphatic heterocycles. The van der Waals surface area contributed by atoms with Gasteiger partial charge >= 0.3 is 6.18 Å². The van der Waals surface area contributed by atoms with Crippen LogP contribution in [0.5, 0.6) is 5.75 Å². The maximum absolute atomic E-state index is 12.9. The van der Waals surface area contributed by atoms with Gasteiger partial charge in [0, 0.05) is 0 Å². The van der Waals surface area contributed by atoms with Gasteiger partial charge in [-0.2, -0.15) is 13.2 Å². The van der Waals surface area contributed by atoms with E-state index in [-0.39, 0.29) is 18.3 Å². The van der Waals surface area contributed by atoms with Crippen LogP contribution in [-0.2, 0) is 9.47 Å². The van der Waals surface area contributed by atoms with Gasteiger partial charge in [-0.15, -0.1) is 0 Å². The van der Waals surface area contributed by atoms with Crippen molar-refractivity contribution in [2.45, 2.75) is 18.4 Å². The first kappa shape index (κ1) is 13.2. The fourth-order valence-electron chi connectivity index (χ4n) is 1.55. The van der Waals surface area contributed by atoms with Crippen molar-refractivity contribution in [1.29, 1.82) is 0 Å². The fourth-order valence-corrected chi connectivity index (χ4v) is 1.55. The second-order valence-corrected chi connectivity index (χ2v) is 3.99. The predicted octanol–water partition coefficient (Wildman–Crippen LogP) is 2.71. The lowest BCUT2D eigenvalue weighted by Gasteiger charge is -2.21. The molecule has 3 nitrogen and oxygen atoms in total. The average Bonchev–Trinajstić information content (AvgIpc) is 3.12. The summed E-state index contributed by atoms with van der Waals surface area (Å²) in [4.78, 5) is 0. The molecule has 1 heterocycles. The molecule has 0 unspecified atom stereocenters. The van der Waals surface area contributed by atoms with E-state index in [4.69, 9.17) is 14.2 Å². The maximum Gasteiger partial charge on any atom is 0.418 e. The minimum atomic E-state index is -4.46. The molecule has 1 saturated heterocycles. The van der Waals surface area contributed by atoms with Crippen molar-refractivity contribution in [3.05, 3.63) is 29.8 Å². The van der Waals surface area contributed by atoms with Crippen LogP contribution in [0.25, 0.3) is 0 Å². The summed E-state index contributed by atoms with van der Waals surface area (Å²) < 4.78 is 53.4. The van der Waals surface area contributed by atoms with Crippen LogP contribution in [0.4, 0.5) is 13.2 Å². The lowest BCUT2D eigenvalue weighted by atomic mass is 10.1. The van der Waals surface area contributed by atoms with Gasteiger partial charge in [0.1, 0.15) is 11.9 Å². The molecule has 6 heteroatoms. The van der Waals surface area contributed by atoms with E-state index in [1.165, 1.54) is 25.3 Å². The molecule has 2 atom stereocenters. The molecule has 0 spiro atoms. The van der Waals surface area contributed by atoms with Gasteiger partial charge in [0.25, 0.3) is 0 Å². The molecule has 2 rings (SSSR count). The molecule has 0 aliphatic carbocycles. The molecule has 0 amide bonds. The largest absolute Gasteiger partial charge is 0.497 e. The smallest absolute Gasteiger partial charge is 0.418 e. The van der Waals surface area contributed by atoms with Crippen molar-refractivity contribution < 1.29 is 27.4 Å². The normalized spacial score (nSPS) is 20.6. The van der Waals surface area contributed by atoms with E-state index in [1.54, 1.807) is 6.07 Å². The van der Waals surface area contributed by atoms with Crippen LogP contribution in [-0.4, -0.2) is 32.6 Å². The second kappa shape index (κ2) is 5.16. The molecule has 0 bridgehead atoms. The number of epoxide rings is 1. The summed E-state index contributed by atoms with van der Waals surface area (Å²) in [5.41, 5.74) is 0.0301. The van der Waals surface area contributed by atoms with E-state index >= 15 is 0 Å². The Morgan fingerprint density at radius 1 is 1.44 bits per heavy atom. The van der Waals surface area contributed by atoms with Gasteiger partial charge in [-0.1, -0.05) is 12.1 Å². The van der Waals surface area contributed by atoms with Crippen LogP contribution in [0.2, 0.25) is 0 Å². The third-order valence-electron chi connectivity index (χ3n) is 2.54. The Hall–Kier alpha value is -1.27. The molecular formula is C12H13F3O3. The number of ether oxygens (including phenoxy) is 3. The zero-order valence-corrected chi connectivity index (χ0v) is 9.74. The Morgan fingerprint density at radius 3 is 2.72 bits per heavy atom. The number of hydrogen-bond acceptors (Lipinski definition) is 3. The molecule has 0 aromatic heterocycles. The molecule has 1 fully saturated rings. The Balaban J connectivity index is 2.14. The first-order valence-corrected chi connectivity index (χ1v) is 5.44. The highest BCUT2D eigenvalue weighted by atomic mass is 19.4. The monoisotopic (exact) mass is 262 g/mol. The number of hydrogen-bond donors (Lipinski definition) is 0. The molecule has 0 N–H and O–H groups in total. The average molecular weight is 262 g/mol. The summed E-state index contributed by atoms with van der Waals surface area (Å²) >= 11 is 0. The molecule has 0 radical (unpaired) electrons. The third-order valence-corrected chi connectivity index (χ3v) is 2.54. The summed E-state index contributed by atoms with van der Waals surface area (Å²) in [7, 11) is 1.40. The van der Waals surface area contributed by atoms with E-state index in [1.807, 2.05) is 0 Å². The van der Waals surface area contributed by atoms with Crippen LogP contribution in [0, 0.1) is 0 Å². The van der Waals surface area contributed by atoms with Crippen LogP contribution in [0.15, 0.2) is 24.3 Å². The number of benzene rings is 1. The Bertz CT molecular complexity index is 402. The standard InChI is InChI=1S/C12H13F3O3/c1-16-9-4-2-3-8(5-9)11(12(13,14)15)18-7-10-6-17-10/h2-5,10-11H,6-7H2,1H3/t10-,11-/m0/s1. The minimum absolute atomic E-state index is 0.0301. The molecule has 100 valence electrons. The van der Waals surface area contributed by atoms with Crippen LogP contribution >= 0.6 is 0 Å². The van der Waals surface area contributed by atoms with E-state index in [9.17, 15) is 13.2 Å². The van der Waals surface area contributed by atoms with Crippen molar-refractivity contribution >= 4 is 0 Å². The second-order valence-electron chi connectivity index (χ2n) is 3.99. The lowest BCUT2D eigenvalue weighted by molar-refractivity contribution is -0.224. The van der Waals surface area contributed by atoms with Gasteiger partial charge in [-0.3, -0.25) is 0 Å². The highest BCUT2D eigenvalue weighted by Gasteiger charge is 2.43. The summed E-state index contributed by atoms with van der Waals surface area (Å²) in [6.07, 6.45) is -6.61.